The Balaban J connectivity index is 1.87. The number of hydrogen-bond donors (Lipinski definition) is 2. The molecule has 4 rings (SSSR count). The number of rotatable bonds is 9. The van der Waals surface area contributed by atoms with Crippen molar-refractivity contribution >= 4 is 23.5 Å². The van der Waals surface area contributed by atoms with Gasteiger partial charge in [-0.15, -0.1) is 6.58 Å². The molecule has 3 aliphatic rings. The number of fused-ring (bicyclic) bond motifs is 1. The summed E-state index contributed by atoms with van der Waals surface area (Å²) in [6, 6.07) is 4.20. The van der Waals surface area contributed by atoms with Crippen LogP contribution < -0.4 is 4.90 Å². The zero-order valence-corrected chi connectivity index (χ0v) is 20.9. The number of aliphatic hydroxyl groups excluding tert-OH is 1. The number of likely N-dealkylation sites (tertiary alicyclic amines) is 1. The molecule has 3 heterocycles. The number of carboxylic acid groups (broad SMARTS) is 1. The topological polar surface area (TPSA) is 107 Å². The molecule has 3 saturated heterocycles. The second kappa shape index (κ2) is 9.39. The molecule has 0 aromatic heterocycles. The van der Waals surface area contributed by atoms with Gasteiger partial charge in [-0.2, -0.15) is 0 Å². The van der Waals surface area contributed by atoms with Gasteiger partial charge in [-0.25, -0.2) is 0 Å². The molecule has 0 aliphatic carbocycles. The predicted octanol–water partition coefficient (Wildman–Crippen LogP) is 2.69. The first-order valence-electron chi connectivity index (χ1n) is 12.5. The molecule has 2 unspecified atom stereocenters. The van der Waals surface area contributed by atoms with Crippen LogP contribution in [0.4, 0.5) is 5.69 Å². The van der Waals surface area contributed by atoms with Crippen molar-refractivity contribution < 1.29 is 29.3 Å². The molecule has 2 bridgehead atoms. The predicted molar refractivity (Wildman–Crippen MR) is 131 cm³/mol. The highest BCUT2D eigenvalue weighted by Gasteiger charge is 2.75. The fourth-order valence-electron chi connectivity index (χ4n) is 6.42. The molecule has 8 heteroatoms. The van der Waals surface area contributed by atoms with Crippen molar-refractivity contribution in [1.82, 2.24) is 4.90 Å². The van der Waals surface area contributed by atoms with E-state index in [1.54, 1.807) is 11.0 Å². The first-order valence-corrected chi connectivity index (χ1v) is 12.5. The van der Waals surface area contributed by atoms with Gasteiger partial charge in [-0.1, -0.05) is 38.5 Å². The summed E-state index contributed by atoms with van der Waals surface area (Å²) in [5, 5.41) is 20.3. The van der Waals surface area contributed by atoms with Crippen molar-refractivity contribution in [3.8, 4) is 0 Å². The molecule has 3 fully saturated rings. The molecule has 3 aliphatic heterocycles. The molecule has 0 radical (unpaired) electrons. The van der Waals surface area contributed by atoms with Gasteiger partial charge in [0, 0.05) is 12.2 Å². The Kier molecular flexibility index (Phi) is 6.81. The summed E-state index contributed by atoms with van der Waals surface area (Å²) < 4.78 is 6.32. The minimum absolute atomic E-state index is 0.0940. The molecule has 2 amide bonds. The summed E-state index contributed by atoms with van der Waals surface area (Å²) in [5.41, 5.74) is 1.38. The molecular weight excluding hydrogens is 448 g/mol. The van der Waals surface area contributed by atoms with Crippen LogP contribution in [0, 0.1) is 31.6 Å². The van der Waals surface area contributed by atoms with Crippen LogP contribution >= 0.6 is 0 Å². The van der Waals surface area contributed by atoms with Crippen LogP contribution in [0.25, 0.3) is 0 Å². The fourth-order valence-corrected chi connectivity index (χ4v) is 6.42. The van der Waals surface area contributed by atoms with Crippen molar-refractivity contribution in [2.24, 2.45) is 17.8 Å². The van der Waals surface area contributed by atoms with Gasteiger partial charge in [0.2, 0.25) is 5.91 Å². The third-order valence-electron chi connectivity index (χ3n) is 8.34. The fraction of sp³-hybridized carbons (Fsp3) is 0.593. The van der Waals surface area contributed by atoms with Crippen LogP contribution in [0.5, 0.6) is 0 Å². The summed E-state index contributed by atoms with van der Waals surface area (Å²) in [4.78, 5) is 43.7. The molecule has 0 saturated carbocycles. The smallest absolute Gasteiger partial charge is 0.310 e. The number of hydrogen-bond acceptors (Lipinski definition) is 5. The second-order valence-corrected chi connectivity index (χ2v) is 10.3. The molecule has 190 valence electrons. The van der Waals surface area contributed by atoms with Crippen LogP contribution in [-0.4, -0.2) is 69.8 Å². The molecule has 35 heavy (non-hydrogen) atoms. The average Bonchev–Trinajstić information content (AvgIpc) is 3.47. The van der Waals surface area contributed by atoms with Gasteiger partial charge in [0.05, 0.1) is 30.6 Å². The summed E-state index contributed by atoms with van der Waals surface area (Å²) in [6.45, 7) is 11.5. The number of carboxylic acids is 1. The van der Waals surface area contributed by atoms with Gasteiger partial charge in [-0.3, -0.25) is 14.4 Å². The maximum Gasteiger partial charge on any atom is 0.310 e. The van der Waals surface area contributed by atoms with Crippen LogP contribution in [-0.2, 0) is 19.1 Å². The van der Waals surface area contributed by atoms with Crippen LogP contribution in [0.3, 0.4) is 0 Å². The lowest BCUT2D eigenvalue weighted by Gasteiger charge is -2.41. The highest BCUT2D eigenvalue weighted by molar-refractivity contribution is 6.05. The Hall–Kier alpha value is -2.71. The highest BCUT2D eigenvalue weighted by Crippen LogP contribution is 2.59. The number of anilines is 1. The minimum atomic E-state index is -1.22. The first kappa shape index (κ1) is 25.4. The maximum absolute atomic E-state index is 14.5. The SMILES string of the molecule is C=CCN(C(=O)C1N([C@@H](CO)[C@@H](C)CC)C(=O)[C@@H]2[C@H](C(=O)O)[C@@H]3CCC12O3)c1cc(C)ccc1C. The Morgan fingerprint density at radius 1 is 1.37 bits per heavy atom. The standard InChI is InChI=1S/C27H36N2O6/c1-6-12-28(18-13-15(3)8-9-17(18)5)25(32)23-27-11-10-20(35-27)21(26(33)34)22(27)24(31)29(23)19(14-30)16(4)7-2/h6,8-9,13,16,19-23,30H,1,7,10-12,14H2,2-5H3,(H,33,34)/t16-,19-,20-,21+,22-,23?,27?/m0/s1. The molecule has 8 nitrogen and oxygen atoms in total. The number of aliphatic carboxylic acids is 1. The van der Waals surface area contributed by atoms with Crippen LogP contribution in [0.2, 0.25) is 0 Å². The van der Waals surface area contributed by atoms with Gasteiger partial charge in [0.15, 0.2) is 0 Å². The van der Waals surface area contributed by atoms with E-state index in [0.717, 1.165) is 11.1 Å². The normalized spacial score (nSPS) is 30.8. The number of amides is 2. The van der Waals surface area contributed by atoms with Gasteiger partial charge < -0.3 is 24.7 Å². The molecule has 1 aromatic carbocycles. The summed E-state index contributed by atoms with van der Waals surface area (Å²) in [6.07, 6.45) is 2.64. The van der Waals surface area contributed by atoms with E-state index in [2.05, 4.69) is 6.58 Å². The van der Waals surface area contributed by atoms with E-state index in [1.807, 2.05) is 45.9 Å². The second-order valence-electron chi connectivity index (χ2n) is 10.3. The maximum atomic E-state index is 14.5. The lowest BCUT2D eigenvalue weighted by atomic mass is 9.70. The van der Waals surface area contributed by atoms with Gasteiger partial charge in [0.1, 0.15) is 11.6 Å². The Morgan fingerprint density at radius 3 is 2.69 bits per heavy atom. The van der Waals surface area contributed by atoms with E-state index >= 15 is 0 Å². The van der Waals surface area contributed by atoms with E-state index in [0.29, 0.717) is 24.9 Å². The zero-order chi connectivity index (χ0) is 25.7. The van der Waals surface area contributed by atoms with E-state index in [4.69, 9.17) is 4.74 Å². The third kappa shape index (κ3) is 3.78. The Morgan fingerprint density at radius 2 is 2.09 bits per heavy atom. The number of nitrogens with zero attached hydrogens (tertiary/aromatic N) is 2. The minimum Gasteiger partial charge on any atom is -0.481 e. The van der Waals surface area contributed by atoms with E-state index < -0.39 is 47.5 Å². The molecule has 2 N–H and O–H groups in total. The number of ether oxygens (including phenoxy) is 1. The average molecular weight is 485 g/mol. The molecule has 7 atom stereocenters. The van der Waals surface area contributed by atoms with Crippen molar-refractivity contribution in [2.75, 3.05) is 18.1 Å². The molecule has 1 spiro atoms. The summed E-state index contributed by atoms with van der Waals surface area (Å²) in [5.74, 6) is -3.86. The zero-order valence-electron chi connectivity index (χ0n) is 20.9. The quantitative estimate of drug-likeness (QED) is 0.522. The Labute approximate surface area is 206 Å². The number of aliphatic hydroxyl groups is 1. The van der Waals surface area contributed by atoms with Gasteiger partial charge >= 0.3 is 5.97 Å². The van der Waals surface area contributed by atoms with Crippen LogP contribution in [0.15, 0.2) is 30.9 Å². The molecule has 1 aromatic rings. The highest BCUT2D eigenvalue weighted by atomic mass is 16.5. The van der Waals surface area contributed by atoms with E-state index in [9.17, 15) is 24.6 Å². The van der Waals surface area contributed by atoms with Crippen LogP contribution in [0.1, 0.15) is 44.2 Å². The lowest BCUT2D eigenvalue weighted by Crippen LogP contribution is -2.60. The van der Waals surface area contributed by atoms with Crippen molar-refractivity contribution in [3.63, 3.8) is 0 Å². The number of carbonyl (C=O) groups is 3. The number of carbonyl (C=O) groups excluding carboxylic acids is 2. The molecular formula is C27H36N2O6. The van der Waals surface area contributed by atoms with Gasteiger partial charge in [0.25, 0.3) is 5.91 Å². The number of aryl methyl sites for hydroxylation is 2. The lowest BCUT2D eigenvalue weighted by molar-refractivity contribution is -0.151. The summed E-state index contributed by atoms with van der Waals surface area (Å²) >= 11 is 0. The van der Waals surface area contributed by atoms with Crippen molar-refractivity contribution in [1.29, 1.82) is 0 Å². The van der Waals surface area contributed by atoms with E-state index in [1.165, 1.54) is 4.90 Å². The summed E-state index contributed by atoms with van der Waals surface area (Å²) in [7, 11) is 0. The van der Waals surface area contributed by atoms with Gasteiger partial charge in [-0.05, 0) is 49.8 Å². The largest absolute Gasteiger partial charge is 0.481 e. The first-order chi connectivity index (χ1) is 16.6. The monoisotopic (exact) mass is 484 g/mol. The van der Waals surface area contributed by atoms with E-state index in [-0.39, 0.29) is 25.0 Å². The number of benzene rings is 1. The van der Waals surface area contributed by atoms with Crippen molar-refractivity contribution in [2.45, 2.75) is 70.7 Å². The Bertz CT molecular complexity index is 1040. The third-order valence-corrected chi connectivity index (χ3v) is 8.34. The van der Waals surface area contributed by atoms with Crippen molar-refractivity contribution in [3.05, 3.63) is 42.0 Å².